The number of fused-ring (bicyclic) bond motifs is 2. The first kappa shape index (κ1) is 28.4. The summed E-state index contributed by atoms with van der Waals surface area (Å²) in [6.07, 6.45) is 3.77. The summed E-state index contributed by atoms with van der Waals surface area (Å²) < 4.78 is 0. The number of carboxylic acid groups (broad SMARTS) is 1. The summed E-state index contributed by atoms with van der Waals surface area (Å²) in [6, 6.07) is 11.8. The van der Waals surface area contributed by atoms with Crippen molar-refractivity contribution in [3.05, 3.63) is 72.1 Å². The topological polar surface area (TPSA) is 182 Å². The molecule has 0 spiro atoms. The molecule has 0 bridgehead atoms. The number of nitrogens with one attached hydrogen (secondary N) is 5. The van der Waals surface area contributed by atoms with Gasteiger partial charge in [-0.15, -0.1) is 0 Å². The molecule has 2 aromatic heterocycles. The number of nitrogens with two attached hydrogens (primary N) is 1. The molecule has 2 heterocycles. The van der Waals surface area contributed by atoms with Crippen LogP contribution in [-0.2, 0) is 32.0 Å². The highest BCUT2D eigenvalue weighted by Gasteiger charge is 2.31. The van der Waals surface area contributed by atoms with Gasteiger partial charge in [0.2, 0.25) is 17.7 Å². The van der Waals surface area contributed by atoms with Crippen LogP contribution in [0.25, 0.3) is 21.8 Å². The number of benzene rings is 2. The molecule has 3 unspecified atom stereocenters. The highest BCUT2D eigenvalue weighted by Crippen LogP contribution is 2.21. The van der Waals surface area contributed by atoms with Crippen molar-refractivity contribution in [3.63, 3.8) is 0 Å². The number of hydrogen-bond donors (Lipinski definition) is 7. The van der Waals surface area contributed by atoms with E-state index in [2.05, 4.69) is 25.9 Å². The number of carboxylic acids is 1. The van der Waals surface area contributed by atoms with E-state index in [-0.39, 0.29) is 25.3 Å². The van der Waals surface area contributed by atoms with Crippen LogP contribution >= 0.6 is 0 Å². The fourth-order valence-electron chi connectivity index (χ4n) is 4.75. The molecule has 0 saturated carbocycles. The summed E-state index contributed by atoms with van der Waals surface area (Å²) in [6.45, 7) is 3.06. The van der Waals surface area contributed by atoms with Gasteiger partial charge in [0.15, 0.2) is 0 Å². The van der Waals surface area contributed by atoms with Gasteiger partial charge in [0, 0.05) is 47.0 Å². The molecule has 11 nitrogen and oxygen atoms in total. The number of amides is 3. The number of aromatic nitrogens is 2. The Morgan fingerprint density at radius 1 is 0.775 bits per heavy atom. The van der Waals surface area contributed by atoms with E-state index in [1.54, 1.807) is 26.2 Å². The molecule has 3 amide bonds. The van der Waals surface area contributed by atoms with Crippen LogP contribution in [0.2, 0.25) is 0 Å². The van der Waals surface area contributed by atoms with Gasteiger partial charge in [0.05, 0.1) is 6.54 Å². The Hall–Kier alpha value is -4.64. The lowest BCUT2D eigenvalue weighted by atomic mass is 10.00. The average molecular weight is 547 g/mol. The molecule has 0 aliphatic heterocycles. The second-order valence-corrected chi connectivity index (χ2v) is 10.1. The summed E-state index contributed by atoms with van der Waals surface area (Å²) >= 11 is 0. The number of aromatic amines is 2. The summed E-state index contributed by atoms with van der Waals surface area (Å²) in [4.78, 5) is 57.4. The van der Waals surface area contributed by atoms with Crippen LogP contribution in [-0.4, -0.2) is 63.4 Å². The molecular weight excluding hydrogens is 512 g/mol. The molecule has 210 valence electrons. The fourth-order valence-corrected chi connectivity index (χ4v) is 4.75. The predicted molar refractivity (Wildman–Crippen MR) is 151 cm³/mol. The van der Waals surface area contributed by atoms with E-state index in [1.807, 2.05) is 48.5 Å². The SMILES string of the molecule is CC(C)C(NC(=O)C(Cc1c[nH]c2ccccc12)NC(=O)C(Cc1c[nH]c2ccccc12)NC(=O)CN)C(=O)O. The van der Waals surface area contributed by atoms with E-state index in [4.69, 9.17) is 5.73 Å². The van der Waals surface area contributed by atoms with Crippen molar-refractivity contribution in [3.8, 4) is 0 Å². The van der Waals surface area contributed by atoms with E-state index in [0.717, 1.165) is 32.9 Å². The van der Waals surface area contributed by atoms with Gasteiger partial charge in [-0.2, -0.15) is 0 Å². The van der Waals surface area contributed by atoms with Gasteiger partial charge >= 0.3 is 5.97 Å². The van der Waals surface area contributed by atoms with Crippen LogP contribution in [0.4, 0.5) is 0 Å². The zero-order valence-electron chi connectivity index (χ0n) is 22.4. The van der Waals surface area contributed by atoms with Crippen molar-refractivity contribution < 1.29 is 24.3 Å². The molecule has 2 aromatic carbocycles. The molecule has 0 aliphatic carbocycles. The van der Waals surface area contributed by atoms with Crippen molar-refractivity contribution in [2.45, 2.75) is 44.8 Å². The molecule has 0 fully saturated rings. The largest absolute Gasteiger partial charge is 0.480 e. The maximum atomic E-state index is 13.6. The molecule has 0 aliphatic rings. The zero-order valence-corrected chi connectivity index (χ0v) is 22.4. The van der Waals surface area contributed by atoms with Crippen molar-refractivity contribution in [1.29, 1.82) is 0 Å². The molecular formula is C29H34N6O5. The first-order valence-electron chi connectivity index (χ1n) is 13.1. The number of aliphatic carboxylic acids is 1. The Balaban J connectivity index is 1.62. The summed E-state index contributed by atoms with van der Waals surface area (Å²) in [5.41, 5.74) is 8.83. The van der Waals surface area contributed by atoms with Gasteiger partial charge in [-0.05, 0) is 29.2 Å². The molecule has 0 radical (unpaired) electrons. The van der Waals surface area contributed by atoms with E-state index in [9.17, 15) is 24.3 Å². The quantitative estimate of drug-likeness (QED) is 0.142. The van der Waals surface area contributed by atoms with Crippen molar-refractivity contribution in [1.82, 2.24) is 25.9 Å². The molecule has 8 N–H and O–H groups in total. The van der Waals surface area contributed by atoms with Gasteiger partial charge in [-0.1, -0.05) is 50.2 Å². The lowest BCUT2D eigenvalue weighted by molar-refractivity contribution is -0.143. The maximum absolute atomic E-state index is 13.6. The minimum Gasteiger partial charge on any atom is -0.480 e. The molecule has 4 rings (SSSR count). The Morgan fingerprint density at radius 3 is 1.73 bits per heavy atom. The summed E-state index contributed by atoms with van der Waals surface area (Å²) in [5, 5.41) is 19.4. The van der Waals surface area contributed by atoms with Crippen molar-refractivity contribution in [2.24, 2.45) is 11.7 Å². The van der Waals surface area contributed by atoms with Crippen LogP contribution in [0.15, 0.2) is 60.9 Å². The van der Waals surface area contributed by atoms with E-state index in [0.29, 0.717) is 0 Å². The zero-order chi connectivity index (χ0) is 28.8. The Morgan fingerprint density at radius 2 is 1.25 bits per heavy atom. The second kappa shape index (κ2) is 12.5. The van der Waals surface area contributed by atoms with Gasteiger partial charge in [0.25, 0.3) is 0 Å². The minimum atomic E-state index is -1.17. The van der Waals surface area contributed by atoms with Crippen LogP contribution in [0.3, 0.4) is 0 Å². The average Bonchev–Trinajstić information content (AvgIpc) is 3.54. The summed E-state index contributed by atoms with van der Waals surface area (Å²) in [7, 11) is 0. The second-order valence-electron chi connectivity index (χ2n) is 10.1. The lowest BCUT2D eigenvalue weighted by Gasteiger charge is -2.25. The molecule has 40 heavy (non-hydrogen) atoms. The highest BCUT2D eigenvalue weighted by molar-refractivity contribution is 5.95. The molecule has 4 aromatic rings. The number of para-hydroxylation sites is 2. The minimum absolute atomic E-state index is 0.0939. The Bertz CT molecular complexity index is 1520. The predicted octanol–water partition coefficient (Wildman–Crippen LogP) is 1.59. The summed E-state index contributed by atoms with van der Waals surface area (Å²) in [5.74, 6) is -3.32. The molecule has 11 heteroatoms. The third-order valence-electron chi connectivity index (χ3n) is 6.90. The van der Waals surface area contributed by atoms with E-state index in [1.165, 1.54) is 0 Å². The van der Waals surface area contributed by atoms with Gasteiger partial charge in [-0.3, -0.25) is 14.4 Å². The number of carbonyl (C=O) groups is 4. The van der Waals surface area contributed by atoms with Crippen LogP contribution < -0.4 is 21.7 Å². The number of H-pyrrole nitrogens is 2. The Kier molecular flexibility index (Phi) is 8.85. The van der Waals surface area contributed by atoms with Crippen molar-refractivity contribution in [2.75, 3.05) is 6.54 Å². The van der Waals surface area contributed by atoms with Crippen LogP contribution in [0.5, 0.6) is 0 Å². The third kappa shape index (κ3) is 6.49. The first-order chi connectivity index (χ1) is 19.2. The number of hydrogen-bond acceptors (Lipinski definition) is 5. The third-order valence-corrected chi connectivity index (χ3v) is 6.90. The standard InChI is InChI=1S/C29H34N6O5/c1-16(2)26(29(39)40)35-28(38)24(12-18-15-32-22-10-6-4-8-20(18)22)34-27(37)23(33-25(36)13-30)11-17-14-31-21-9-5-3-7-19(17)21/h3-10,14-16,23-24,26,31-32H,11-13,30H2,1-2H3,(H,33,36)(H,34,37)(H,35,38)(H,39,40). The van der Waals surface area contributed by atoms with Gasteiger partial charge in [-0.25, -0.2) is 4.79 Å². The first-order valence-corrected chi connectivity index (χ1v) is 13.1. The van der Waals surface area contributed by atoms with Gasteiger partial charge in [0.1, 0.15) is 18.1 Å². The van der Waals surface area contributed by atoms with Crippen LogP contribution in [0, 0.1) is 5.92 Å². The smallest absolute Gasteiger partial charge is 0.326 e. The van der Waals surface area contributed by atoms with Crippen molar-refractivity contribution >= 4 is 45.5 Å². The molecule has 3 atom stereocenters. The highest BCUT2D eigenvalue weighted by atomic mass is 16.4. The van der Waals surface area contributed by atoms with Gasteiger partial charge < -0.3 is 36.8 Å². The van der Waals surface area contributed by atoms with E-state index < -0.39 is 41.8 Å². The number of rotatable bonds is 12. The lowest BCUT2D eigenvalue weighted by Crippen LogP contribution is -2.57. The molecule has 0 saturated heterocycles. The Labute approximate surface area is 230 Å². The number of carbonyl (C=O) groups excluding carboxylic acids is 3. The normalized spacial score (nSPS) is 13.6. The maximum Gasteiger partial charge on any atom is 0.326 e. The monoisotopic (exact) mass is 546 g/mol. The van der Waals surface area contributed by atoms with E-state index >= 15 is 0 Å². The fraction of sp³-hybridized carbons (Fsp3) is 0.310. The van der Waals surface area contributed by atoms with Crippen LogP contribution in [0.1, 0.15) is 25.0 Å².